The summed E-state index contributed by atoms with van der Waals surface area (Å²) in [6, 6.07) is 4.27. The summed E-state index contributed by atoms with van der Waals surface area (Å²) >= 11 is 5.71. The molecule has 0 bridgehead atoms. The minimum absolute atomic E-state index is 0.500. The smallest absolute Gasteiger partial charge is 0.129 e. The van der Waals surface area contributed by atoms with Gasteiger partial charge in [-0.1, -0.05) is 37.8 Å². The lowest BCUT2D eigenvalue weighted by Crippen LogP contribution is -2.14. The molecule has 3 heteroatoms. The molecule has 2 nitrogen and oxygen atoms in total. The van der Waals surface area contributed by atoms with E-state index in [1.165, 1.54) is 25.7 Å². The maximum Gasteiger partial charge on any atom is 0.129 e. The Morgan fingerprint density at radius 1 is 1.40 bits per heavy atom. The third-order valence-corrected chi connectivity index (χ3v) is 2.60. The molecule has 0 radical (unpaired) electrons. The van der Waals surface area contributed by atoms with Crippen LogP contribution >= 0.6 is 11.6 Å². The molecule has 0 saturated heterocycles. The number of hydrogen-bond donors (Lipinski definition) is 1. The van der Waals surface area contributed by atoms with Gasteiger partial charge in [0, 0.05) is 6.04 Å². The summed E-state index contributed by atoms with van der Waals surface area (Å²) in [6.45, 7) is 4.42. The van der Waals surface area contributed by atoms with Crippen LogP contribution in [0.3, 0.4) is 0 Å². The van der Waals surface area contributed by atoms with E-state index in [9.17, 15) is 0 Å². The molecular weight excluding hydrogens is 208 g/mol. The molecule has 0 aliphatic rings. The fourth-order valence-electron chi connectivity index (χ4n) is 1.52. The Hall–Kier alpha value is -0.760. The van der Waals surface area contributed by atoms with Crippen molar-refractivity contribution in [3.63, 3.8) is 0 Å². The van der Waals surface area contributed by atoms with E-state index in [1.807, 2.05) is 12.1 Å². The van der Waals surface area contributed by atoms with Crippen LogP contribution in [0.4, 0.5) is 5.69 Å². The second kappa shape index (κ2) is 6.67. The molecule has 1 rings (SSSR count). The van der Waals surface area contributed by atoms with Gasteiger partial charge < -0.3 is 5.32 Å². The molecule has 1 aromatic rings. The highest BCUT2D eigenvalue weighted by molar-refractivity contribution is 6.29. The monoisotopic (exact) mass is 226 g/mol. The first kappa shape index (κ1) is 12.3. The number of hydrogen-bond acceptors (Lipinski definition) is 2. The predicted octanol–water partition coefficient (Wildman–Crippen LogP) is 4.12. The Kier molecular flexibility index (Phi) is 5.48. The van der Waals surface area contributed by atoms with Crippen LogP contribution in [0.25, 0.3) is 0 Å². The maximum absolute atomic E-state index is 5.71. The number of nitrogens with one attached hydrogen (secondary N) is 1. The molecule has 0 fully saturated rings. The average molecular weight is 227 g/mol. The number of aromatic nitrogens is 1. The summed E-state index contributed by atoms with van der Waals surface area (Å²) in [4.78, 5) is 4.03. The number of pyridine rings is 1. The van der Waals surface area contributed by atoms with Gasteiger partial charge in [-0.25, -0.2) is 4.98 Å². The molecule has 15 heavy (non-hydrogen) atoms. The van der Waals surface area contributed by atoms with E-state index in [0.717, 1.165) is 5.69 Å². The van der Waals surface area contributed by atoms with Crippen molar-refractivity contribution in [1.82, 2.24) is 4.98 Å². The normalized spacial score (nSPS) is 12.5. The van der Waals surface area contributed by atoms with E-state index in [4.69, 9.17) is 11.6 Å². The quantitative estimate of drug-likeness (QED) is 0.583. The van der Waals surface area contributed by atoms with E-state index in [0.29, 0.717) is 11.2 Å². The molecule has 1 unspecified atom stereocenters. The molecule has 0 aliphatic carbocycles. The Balaban J connectivity index is 2.31. The lowest BCUT2D eigenvalue weighted by Gasteiger charge is -2.14. The fourth-order valence-corrected chi connectivity index (χ4v) is 1.63. The maximum atomic E-state index is 5.71. The van der Waals surface area contributed by atoms with Gasteiger partial charge in [0.15, 0.2) is 0 Å². The van der Waals surface area contributed by atoms with E-state index in [-0.39, 0.29) is 0 Å². The Morgan fingerprint density at radius 3 is 2.80 bits per heavy atom. The fraction of sp³-hybridized carbons (Fsp3) is 0.583. The van der Waals surface area contributed by atoms with Crippen molar-refractivity contribution in [2.45, 2.75) is 45.6 Å². The highest BCUT2D eigenvalue weighted by Gasteiger charge is 2.01. The minimum Gasteiger partial charge on any atom is -0.381 e. The van der Waals surface area contributed by atoms with Crippen LogP contribution in [0.2, 0.25) is 5.15 Å². The molecule has 84 valence electrons. The van der Waals surface area contributed by atoms with Crippen LogP contribution in [0.15, 0.2) is 18.3 Å². The van der Waals surface area contributed by atoms with Crippen LogP contribution in [-0.4, -0.2) is 11.0 Å². The second-order valence-electron chi connectivity index (χ2n) is 3.91. The van der Waals surface area contributed by atoms with Crippen molar-refractivity contribution in [2.75, 3.05) is 5.32 Å². The summed E-state index contributed by atoms with van der Waals surface area (Å²) < 4.78 is 0. The van der Waals surface area contributed by atoms with E-state index in [2.05, 4.69) is 24.1 Å². The molecule has 0 aliphatic heterocycles. The van der Waals surface area contributed by atoms with Crippen LogP contribution < -0.4 is 5.32 Å². The van der Waals surface area contributed by atoms with Gasteiger partial charge in [0.1, 0.15) is 5.15 Å². The highest BCUT2D eigenvalue weighted by atomic mass is 35.5. The van der Waals surface area contributed by atoms with E-state index < -0.39 is 0 Å². The van der Waals surface area contributed by atoms with Crippen molar-refractivity contribution in [3.05, 3.63) is 23.5 Å². The van der Waals surface area contributed by atoms with Gasteiger partial charge in [0.2, 0.25) is 0 Å². The van der Waals surface area contributed by atoms with E-state index in [1.54, 1.807) is 6.20 Å². The lowest BCUT2D eigenvalue weighted by atomic mass is 10.1. The van der Waals surface area contributed by atoms with Crippen LogP contribution in [0.1, 0.15) is 39.5 Å². The average Bonchev–Trinajstić information content (AvgIpc) is 2.22. The van der Waals surface area contributed by atoms with Crippen LogP contribution in [0, 0.1) is 0 Å². The Labute approximate surface area is 97.1 Å². The SMILES string of the molecule is CCCCCC(C)Nc1ccc(Cl)nc1. The molecule has 1 aromatic heterocycles. The summed E-state index contributed by atoms with van der Waals surface area (Å²) in [6.07, 6.45) is 6.85. The van der Waals surface area contributed by atoms with Gasteiger partial charge >= 0.3 is 0 Å². The molecule has 0 spiro atoms. The molecule has 1 N–H and O–H groups in total. The summed E-state index contributed by atoms with van der Waals surface area (Å²) in [5, 5.41) is 3.95. The number of unbranched alkanes of at least 4 members (excludes halogenated alkanes) is 2. The minimum atomic E-state index is 0.500. The highest BCUT2D eigenvalue weighted by Crippen LogP contribution is 2.13. The zero-order chi connectivity index (χ0) is 11.1. The Bertz CT molecular complexity index is 271. The largest absolute Gasteiger partial charge is 0.381 e. The molecule has 1 heterocycles. The lowest BCUT2D eigenvalue weighted by molar-refractivity contribution is 0.615. The molecule has 0 amide bonds. The first-order chi connectivity index (χ1) is 7.22. The van der Waals surface area contributed by atoms with Crippen LogP contribution in [-0.2, 0) is 0 Å². The third kappa shape index (κ3) is 5.03. The first-order valence-corrected chi connectivity index (χ1v) is 5.98. The molecule has 0 saturated carbocycles. The summed E-state index contributed by atoms with van der Waals surface area (Å²) in [5.74, 6) is 0. The van der Waals surface area contributed by atoms with Gasteiger partial charge in [0.05, 0.1) is 11.9 Å². The molecule has 1 atom stereocenters. The third-order valence-electron chi connectivity index (χ3n) is 2.38. The number of rotatable bonds is 6. The summed E-state index contributed by atoms with van der Waals surface area (Å²) in [7, 11) is 0. The number of nitrogens with zero attached hydrogens (tertiary/aromatic N) is 1. The van der Waals surface area contributed by atoms with Crippen molar-refractivity contribution in [3.8, 4) is 0 Å². The molecule has 0 aromatic carbocycles. The van der Waals surface area contributed by atoms with E-state index >= 15 is 0 Å². The van der Waals surface area contributed by atoms with Crippen molar-refractivity contribution in [2.24, 2.45) is 0 Å². The van der Waals surface area contributed by atoms with Gasteiger partial charge in [-0.15, -0.1) is 0 Å². The first-order valence-electron chi connectivity index (χ1n) is 5.60. The number of anilines is 1. The van der Waals surface area contributed by atoms with Gasteiger partial charge in [-0.05, 0) is 25.5 Å². The van der Waals surface area contributed by atoms with Crippen molar-refractivity contribution < 1.29 is 0 Å². The zero-order valence-corrected chi connectivity index (χ0v) is 10.2. The van der Waals surface area contributed by atoms with Gasteiger partial charge in [0.25, 0.3) is 0 Å². The van der Waals surface area contributed by atoms with Crippen LogP contribution in [0.5, 0.6) is 0 Å². The van der Waals surface area contributed by atoms with Crippen molar-refractivity contribution in [1.29, 1.82) is 0 Å². The molecular formula is C12H19ClN2. The van der Waals surface area contributed by atoms with Crippen molar-refractivity contribution >= 4 is 17.3 Å². The van der Waals surface area contributed by atoms with Gasteiger partial charge in [-0.2, -0.15) is 0 Å². The number of halogens is 1. The zero-order valence-electron chi connectivity index (χ0n) is 9.46. The van der Waals surface area contributed by atoms with Gasteiger partial charge in [-0.3, -0.25) is 0 Å². The second-order valence-corrected chi connectivity index (χ2v) is 4.30. The summed E-state index contributed by atoms with van der Waals surface area (Å²) in [5.41, 5.74) is 1.04. The Morgan fingerprint density at radius 2 is 2.20 bits per heavy atom. The standard InChI is InChI=1S/C12H19ClN2/c1-3-4-5-6-10(2)15-11-7-8-12(13)14-9-11/h7-10,15H,3-6H2,1-2H3. The topological polar surface area (TPSA) is 24.9 Å². The predicted molar refractivity (Wildman–Crippen MR) is 66.5 cm³/mol.